The van der Waals surface area contributed by atoms with E-state index in [1.807, 2.05) is 0 Å². The summed E-state index contributed by atoms with van der Waals surface area (Å²) in [6, 6.07) is 0. The van der Waals surface area contributed by atoms with Gasteiger partial charge < -0.3 is 30.9 Å². The van der Waals surface area contributed by atoms with Gasteiger partial charge in [0.15, 0.2) is 0 Å². The van der Waals surface area contributed by atoms with Gasteiger partial charge in [-0.2, -0.15) is 0 Å². The molecule has 0 rings (SSSR count). The van der Waals surface area contributed by atoms with Crippen molar-refractivity contribution in [3.05, 3.63) is 0 Å². The molecule has 0 saturated carbocycles. The zero-order chi connectivity index (χ0) is 48.5. The number of ether oxygens (including phenoxy) is 1. The second-order valence-corrected chi connectivity index (χ2v) is 19.6. The van der Waals surface area contributed by atoms with E-state index in [9.17, 15) is 14.4 Å². The minimum absolute atomic E-state index is 0. The smallest absolute Gasteiger partial charge is 0.221 e. The third-order valence-electron chi connectivity index (χ3n) is 12.9. The lowest BCUT2D eigenvalue weighted by Crippen LogP contribution is -2.36. The molecule has 0 saturated heterocycles. The number of amides is 3. The van der Waals surface area contributed by atoms with Crippen molar-refractivity contribution in [3.8, 4) is 0 Å². The first-order valence-electron chi connectivity index (χ1n) is 29.2. The fourth-order valence-corrected chi connectivity index (χ4v) is 8.43. The number of nitrogens with zero attached hydrogens (tertiary/aromatic N) is 1. The van der Waals surface area contributed by atoms with Gasteiger partial charge in [-0.05, 0) is 32.2 Å². The molecule has 0 aliphatic carbocycles. The molecule has 0 bridgehead atoms. The molecular weight excluding hydrogens is 831 g/mol. The molecule has 0 aromatic rings. The molecule has 0 atom stereocenters. The maximum absolute atomic E-state index is 12.4. The number of rotatable bonds is 53. The monoisotopic (exact) mass is 952 g/mol. The second kappa shape index (κ2) is 62.3. The van der Waals surface area contributed by atoms with E-state index in [-0.39, 0.29) is 25.1 Å². The van der Waals surface area contributed by atoms with Crippen LogP contribution in [0.15, 0.2) is 0 Å². The van der Waals surface area contributed by atoms with Crippen LogP contribution in [0, 0.1) is 0 Å². The Labute approximate surface area is 419 Å². The molecule has 0 heterocycles. The number of carbonyl (C=O) groups excluding carboxylic acids is 3. The maximum atomic E-state index is 12.4. The Kier molecular flexibility index (Phi) is 64.7. The van der Waals surface area contributed by atoms with Gasteiger partial charge in [-0.25, -0.2) is 0 Å². The van der Waals surface area contributed by atoms with Crippen LogP contribution in [0.3, 0.4) is 0 Å². The maximum Gasteiger partial charge on any atom is 0.221 e. The van der Waals surface area contributed by atoms with Crippen LogP contribution in [0.4, 0.5) is 0 Å². The topological polar surface area (TPSA) is 112 Å². The van der Waals surface area contributed by atoms with Crippen LogP contribution in [-0.4, -0.2) is 88.7 Å². The van der Waals surface area contributed by atoms with Crippen LogP contribution >= 0.6 is 0 Å². The summed E-state index contributed by atoms with van der Waals surface area (Å²) in [6.45, 7) is 15.9. The van der Waals surface area contributed by atoms with E-state index in [2.05, 4.69) is 53.9 Å². The summed E-state index contributed by atoms with van der Waals surface area (Å²) in [7, 11) is 1.70. The van der Waals surface area contributed by atoms with Gasteiger partial charge in [-0.3, -0.25) is 14.4 Å². The highest BCUT2D eigenvalue weighted by molar-refractivity contribution is 5.77. The minimum Gasteiger partial charge on any atom is -0.383 e. The molecule has 4 N–H and O–H groups in total. The van der Waals surface area contributed by atoms with E-state index in [0.717, 1.165) is 65.0 Å². The second-order valence-electron chi connectivity index (χ2n) is 19.6. The van der Waals surface area contributed by atoms with Crippen LogP contribution in [0.1, 0.15) is 292 Å². The van der Waals surface area contributed by atoms with Crippen LogP contribution in [-0.2, 0) is 19.1 Å². The summed E-state index contributed by atoms with van der Waals surface area (Å²) in [4.78, 5) is 38.5. The molecule has 0 aromatic heterocycles. The fourth-order valence-electron chi connectivity index (χ4n) is 8.43. The number of hydrogen-bond acceptors (Lipinski definition) is 6. The summed E-state index contributed by atoms with van der Waals surface area (Å²) in [6.07, 6.45) is 50.9. The van der Waals surface area contributed by atoms with Crippen molar-refractivity contribution in [3.63, 3.8) is 0 Å². The molecule has 0 aliphatic heterocycles. The van der Waals surface area contributed by atoms with Gasteiger partial charge in [0, 0.05) is 72.2 Å². The van der Waals surface area contributed by atoms with Crippen molar-refractivity contribution in [2.24, 2.45) is 0 Å². The zero-order valence-electron chi connectivity index (χ0n) is 45.2. The Morgan fingerprint density at radius 3 is 0.866 bits per heavy atom. The Hall–Kier alpha value is -1.71. The molecule has 3 amide bonds. The lowest BCUT2D eigenvalue weighted by molar-refractivity contribution is -0.122. The highest BCUT2D eigenvalue weighted by Gasteiger charge is 2.11. The lowest BCUT2D eigenvalue weighted by atomic mass is 10.1. The first-order valence-corrected chi connectivity index (χ1v) is 29.2. The van der Waals surface area contributed by atoms with Crippen molar-refractivity contribution in [2.45, 2.75) is 292 Å². The molecule has 9 nitrogen and oxygen atoms in total. The number of carbonyl (C=O) groups is 3. The molecule has 0 aromatic carbocycles. The minimum atomic E-state index is 0. The van der Waals surface area contributed by atoms with Gasteiger partial charge in [0.2, 0.25) is 17.7 Å². The third kappa shape index (κ3) is 62.3. The van der Waals surface area contributed by atoms with Gasteiger partial charge in [0.1, 0.15) is 0 Å². The Balaban J connectivity index is -0.00000144. The van der Waals surface area contributed by atoms with Gasteiger partial charge in [-0.15, -0.1) is 0 Å². The highest BCUT2D eigenvalue weighted by atomic mass is 16.5. The molecule has 0 fully saturated rings. The van der Waals surface area contributed by atoms with Crippen molar-refractivity contribution in [1.82, 2.24) is 26.2 Å². The van der Waals surface area contributed by atoms with E-state index in [4.69, 9.17) is 4.74 Å². The normalized spacial score (nSPS) is 11.0. The fraction of sp³-hybridized carbons (Fsp3) is 0.948. The summed E-state index contributed by atoms with van der Waals surface area (Å²) < 4.78 is 5.25. The molecule has 0 radical (unpaired) electrons. The first-order chi connectivity index (χ1) is 32.4. The number of hydrogen-bond donors (Lipinski definition) is 4. The van der Waals surface area contributed by atoms with Gasteiger partial charge in [-0.1, -0.05) is 247 Å². The first kappa shape index (κ1) is 69.5. The quantitative estimate of drug-likeness (QED) is 0.0452. The van der Waals surface area contributed by atoms with Crippen LogP contribution < -0.4 is 21.3 Å². The van der Waals surface area contributed by atoms with Crippen molar-refractivity contribution >= 4 is 17.7 Å². The molecule has 9 heteroatoms. The number of methoxy groups -OCH3 is 1. The number of unbranched alkanes of at least 4 members (excludes halogenated alkanes) is 33. The Morgan fingerprint density at radius 2 is 0.597 bits per heavy atom. The van der Waals surface area contributed by atoms with Gasteiger partial charge in [0.25, 0.3) is 0 Å². The van der Waals surface area contributed by atoms with Crippen molar-refractivity contribution < 1.29 is 19.1 Å². The summed E-state index contributed by atoms with van der Waals surface area (Å²) >= 11 is 0. The molecule has 0 spiro atoms. The van der Waals surface area contributed by atoms with E-state index >= 15 is 0 Å². The van der Waals surface area contributed by atoms with Gasteiger partial charge in [0.05, 0.1) is 6.61 Å². The van der Waals surface area contributed by atoms with Crippen LogP contribution in [0.2, 0.25) is 0 Å². The predicted molar refractivity (Wildman–Crippen MR) is 294 cm³/mol. The summed E-state index contributed by atoms with van der Waals surface area (Å²) in [5.41, 5.74) is 0. The van der Waals surface area contributed by atoms with E-state index < -0.39 is 0 Å². The highest BCUT2D eigenvalue weighted by Crippen LogP contribution is 2.14. The van der Waals surface area contributed by atoms with Crippen LogP contribution in [0.25, 0.3) is 0 Å². The molecular formula is C58H121N5O4. The van der Waals surface area contributed by atoms with E-state index in [1.54, 1.807) is 7.11 Å². The average molecular weight is 953 g/mol. The lowest BCUT2D eigenvalue weighted by Gasteiger charge is -2.21. The summed E-state index contributed by atoms with van der Waals surface area (Å²) in [5, 5.41) is 12.4. The molecule has 0 unspecified atom stereocenters. The number of nitrogens with one attached hydrogen (secondary N) is 4. The van der Waals surface area contributed by atoms with Crippen LogP contribution in [0.5, 0.6) is 0 Å². The standard InChI is InChI=1S/C37H75N3O3.C20H42N2O.CH4/c1-4-6-8-10-12-14-16-18-20-22-24-26-30-38-36(41)28-32-40(34-35-43-3)33-29-37(42)39-31-27-25-23-21-19-17-15-13-11-9-7-5-2;1-3-5-6-7-8-9-10-11-12-13-14-15-18-22-20(23)16-19-21-17-4-2;/h4-35H2,1-3H3,(H,38,41)(H,39,42);21H,3-19H2,1-2H3,(H,22,23);1H4. The Bertz CT molecular complexity index is 923. The van der Waals surface area contributed by atoms with Gasteiger partial charge >= 0.3 is 0 Å². The Morgan fingerprint density at radius 1 is 0.328 bits per heavy atom. The predicted octanol–water partition coefficient (Wildman–Crippen LogP) is 15.2. The zero-order valence-corrected chi connectivity index (χ0v) is 45.2. The largest absolute Gasteiger partial charge is 0.383 e. The third-order valence-corrected chi connectivity index (χ3v) is 12.9. The van der Waals surface area contributed by atoms with E-state index in [1.165, 1.54) is 212 Å². The summed E-state index contributed by atoms with van der Waals surface area (Å²) in [5.74, 6) is 0.417. The SMILES string of the molecule is C.CCCCCCCCCCCCCCNC(=O)CCN(CCOC)CCC(=O)NCCCCCCCCCCCCCC.CCCCCCCCCCCCCCNC(=O)CCNCCC. The average Bonchev–Trinajstić information content (AvgIpc) is 3.32. The van der Waals surface area contributed by atoms with Crippen molar-refractivity contribution in [1.29, 1.82) is 0 Å². The van der Waals surface area contributed by atoms with Crippen molar-refractivity contribution in [2.75, 3.05) is 66.1 Å². The molecule has 67 heavy (non-hydrogen) atoms. The van der Waals surface area contributed by atoms with E-state index in [0.29, 0.717) is 39.0 Å². The molecule has 402 valence electrons. The molecule has 0 aliphatic rings.